The first-order valence-corrected chi connectivity index (χ1v) is 9.94. The van der Waals surface area contributed by atoms with E-state index in [-0.39, 0.29) is 11.5 Å². The highest BCUT2D eigenvalue weighted by molar-refractivity contribution is 7.10. The van der Waals surface area contributed by atoms with Gasteiger partial charge in [0.05, 0.1) is 11.1 Å². The zero-order chi connectivity index (χ0) is 18.3. The van der Waals surface area contributed by atoms with E-state index in [2.05, 4.69) is 18.7 Å². The number of allylic oxidation sites excluding steroid dienone is 1. The number of hydrogen-bond acceptors (Lipinski definition) is 5. The molecule has 1 aromatic heterocycles. The molecule has 0 unspecified atom stereocenters. The van der Waals surface area contributed by atoms with Crippen LogP contribution in [0.3, 0.4) is 0 Å². The van der Waals surface area contributed by atoms with Gasteiger partial charge in [-0.15, -0.1) is 11.3 Å². The molecule has 2 aliphatic heterocycles. The van der Waals surface area contributed by atoms with Crippen molar-refractivity contribution in [3.05, 3.63) is 51.4 Å². The Morgan fingerprint density at radius 2 is 2.04 bits per heavy atom. The highest BCUT2D eigenvalue weighted by Gasteiger charge is 2.32. The number of likely N-dealkylation sites (tertiary alicyclic amines) is 1. The summed E-state index contributed by atoms with van der Waals surface area (Å²) in [6.45, 7) is 7.13. The van der Waals surface area contributed by atoms with Gasteiger partial charge in [0.25, 0.3) is 0 Å². The van der Waals surface area contributed by atoms with Crippen LogP contribution < -0.4 is 4.74 Å². The summed E-state index contributed by atoms with van der Waals surface area (Å²) >= 11 is 1.56. The van der Waals surface area contributed by atoms with Crippen LogP contribution in [-0.2, 0) is 6.54 Å². The van der Waals surface area contributed by atoms with E-state index in [0.29, 0.717) is 41.0 Å². The van der Waals surface area contributed by atoms with Gasteiger partial charge in [0.15, 0.2) is 5.76 Å². The van der Waals surface area contributed by atoms with E-state index < -0.39 is 0 Å². The molecule has 0 aliphatic carbocycles. The predicted molar refractivity (Wildman–Crippen MR) is 104 cm³/mol. The number of carbonyl (C=O) groups excluding carboxylic acids is 1. The maximum absolute atomic E-state index is 12.7. The molecule has 1 N–H and O–H groups in total. The van der Waals surface area contributed by atoms with Gasteiger partial charge < -0.3 is 9.84 Å². The number of Topliss-reactive ketones (excluding diaryl/α,β-unsaturated/α-hetero) is 1. The van der Waals surface area contributed by atoms with Gasteiger partial charge in [-0.1, -0.05) is 19.9 Å². The highest BCUT2D eigenvalue weighted by atomic mass is 32.1. The van der Waals surface area contributed by atoms with E-state index in [1.807, 2.05) is 17.5 Å². The molecule has 2 aliphatic rings. The number of nitrogens with zero attached hydrogens (tertiary/aromatic N) is 1. The molecule has 1 aromatic carbocycles. The van der Waals surface area contributed by atoms with Crippen molar-refractivity contribution in [1.29, 1.82) is 0 Å². The number of phenols is 1. The van der Waals surface area contributed by atoms with Gasteiger partial charge in [0.2, 0.25) is 5.78 Å². The first-order valence-electron chi connectivity index (χ1n) is 9.06. The Bertz CT molecular complexity index is 846. The Labute approximate surface area is 157 Å². The molecule has 3 heterocycles. The number of rotatable bonds is 3. The third kappa shape index (κ3) is 3.29. The molecule has 0 spiro atoms. The largest absolute Gasteiger partial charge is 0.507 e. The predicted octanol–water partition coefficient (Wildman–Crippen LogP) is 4.55. The van der Waals surface area contributed by atoms with E-state index in [0.717, 1.165) is 18.0 Å². The molecule has 1 fully saturated rings. The summed E-state index contributed by atoms with van der Waals surface area (Å²) < 4.78 is 5.93. The lowest BCUT2D eigenvalue weighted by Crippen LogP contribution is -2.38. The van der Waals surface area contributed by atoms with Crippen molar-refractivity contribution in [2.75, 3.05) is 13.1 Å². The minimum atomic E-state index is -0.116. The summed E-state index contributed by atoms with van der Waals surface area (Å²) in [7, 11) is 0. The van der Waals surface area contributed by atoms with Crippen LogP contribution in [-0.4, -0.2) is 28.9 Å². The number of ketones is 1. The van der Waals surface area contributed by atoms with Gasteiger partial charge in [-0.3, -0.25) is 9.69 Å². The molecule has 0 amide bonds. The summed E-state index contributed by atoms with van der Waals surface area (Å²) in [4.78, 5) is 16.0. The number of carbonyl (C=O) groups is 1. The molecule has 2 aromatic rings. The second kappa shape index (κ2) is 6.89. The number of fused-ring (bicyclic) bond motifs is 1. The molecular weight excluding hydrogens is 346 g/mol. The average molecular weight is 369 g/mol. The molecule has 2 atom stereocenters. The summed E-state index contributed by atoms with van der Waals surface area (Å²) in [5, 5.41) is 12.4. The normalized spacial score (nSPS) is 24.7. The van der Waals surface area contributed by atoms with E-state index >= 15 is 0 Å². The molecule has 4 nitrogen and oxygen atoms in total. The maximum atomic E-state index is 12.7. The number of piperidine rings is 1. The summed E-state index contributed by atoms with van der Waals surface area (Å²) in [5.74, 6) is 2.19. The summed E-state index contributed by atoms with van der Waals surface area (Å²) in [5.41, 5.74) is 1.26. The number of aromatic hydroxyl groups is 1. The van der Waals surface area contributed by atoms with Gasteiger partial charge in [-0.25, -0.2) is 0 Å². The van der Waals surface area contributed by atoms with Crippen LogP contribution >= 0.6 is 11.3 Å². The third-order valence-corrected chi connectivity index (χ3v) is 5.88. The minimum absolute atomic E-state index is 0.116. The zero-order valence-electron chi connectivity index (χ0n) is 15.1. The quantitative estimate of drug-likeness (QED) is 0.807. The van der Waals surface area contributed by atoms with Crippen molar-refractivity contribution in [2.24, 2.45) is 11.8 Å². The fourth-order valence-electron chi connectivity index (χ4n) is 4.10. The molecule has 0 radical (unpaired) electrons. The van der Waals surface area contributed by atoms with E-state index in [1.165, 1.54) is 6.42 Å². The van der Waals surface area contributed by atoms with Gasteiger partial charge in [0, 0.05) is 30.6 Å². The molecular formula is C21H23NO3S. The van der Waals surface area contributed by atoms with Crippen LogP contribution in [0.2, 0.25) is 0 Å². The topological polar surface area (TPSA) is 49.8 Å². The van der Waals surface area contributed by atoms with Crippen molar-refractivity contribution < 1.29 is 14.6 Å². The molecule has 1 saturated heterocycles. The Kier molecular flexibility index (Phi) is 4.59. The minimum Gasteiger partial charge on any atom is -0.507 e. The Hall–Kier alpha value is -2.11. The maximum Gasteiger partial charge on any atom is 0.232 e. The van der Waals surface area contributed by atoms with Gasteiger partial charge in [-0.2, -0.15) is 0 Å². The van der Waals surface area contributed by atoms with Crippen molar-refractivity contribution in [1.82, 2.24) is 4.90 Å². The number of hydrogen-bond donors (Lipinski definition) is 1. The molecule has 136 valence electrons. The Morgan fingerprint density at radius 3 is 2.73 bits per heavy atom. The van der Waals surface area contributed by atoms with E-state index in [4.69, 9.17) is 4.74 Å². The smallest absolute Gasteiger partial charge is 0.232 e. The Morgan fingerprint density at radius 1 is 1.27 bits per heavy atom. The van der Waals surface area contributed by atoms with Crippen LogP contribution in [0.5, 0.6) is 11.5 Å². The Balaban J connectivity index is 1.64. The second-order valence-corrected chi connectivity index (χ2v) is 8.51. The van der Waals surface area contributed by atoms with Crippen molar-refractivity contribution in [3.8, 4) is 11.5 Å². The van der Waals surface area contributed by atoms with E-state index in [1.54, 1.807) is 29.5 Å². The first-order chi connectivity index (χ1) is 12.5. The summed E-state index contributed by atoms with van der Waals surface area (Å²) in [6.07, 6.45) is 3.01. The van der Waals surface area contributed by atoms with Crippen LogP contribution in [0.25, 0.3) is 6.08 Å². The number of thiophene rings is 1. The lowest BCUT2D eigenvalue weighted by molar-refractivity contribution is 0.101. The summed E-state index contributed by atoms with van der Waals surface area (Å²) in [6, 6.07) is 7.17. The standard InChI is InChI=1S/C21H23NO3S/c1-13-8-14(2)11-22(10-13)12-17-18(23)6-5-16-20(24)19(25-21(16)17)9-15-4-3-7-26-15/h3-7,9,13-14,23H,8,10-12H2,1-2H3/t13-,14-/m0/s1. The lowest BCUT2D eigenvalue weighted by atomic mass is 9.91. The lowest BCUT2D eigenvalue weighted by Gasteiger charge is -2.35. The van der Waals surface area contributed by atoms with Crippen LogP contribution in [0.1, 0.15) is 41.1 Å². The van der Waals surface area contributed by atoms with Crippen LogP contribution in [0.4, 0.5) is 0 Å². The zero-order valence-corrected chi connectivity index (χ0v) is 15.9. The van der Waals surface area contributed by atoms with Crippen LogP contribution in [0, 0.1) is 11.8 Å². The van der Waals surface area contributed by atoms with Crippen LogP contribution in [0.15, 0.2) is 35.4 Å². The van der Waals surface area contributed by atoms with Gasteiger partial charge in [-0.05, 0) is 41.8 Å². The monoisotopic (exact) mass is 369 g/mol. The van der Waals surface area contributed by atoms with E-state index in [9.17, 15) is 9.90 Å². The molecule has 0 saturated carbocycles. The fourth-order valence-corrected chi connectivity index (χ4v) is 4.74. The first kappa shape index (κ1) is 17.3. The number of ether oxygens (including phenoxy) is 1. The van der Waals surface area contributed by atoms with Crippen molar-refractivity contribution in [3.63, 3.8) is 0 Å². The van der Waals surface area contributed by atoms with Gasteiger partial charge >= 0.3 is 0 Å². The molecule has 4 rings (SSSR count). The average Bonchev–Trinajstić information content (AvgIpc) is 3.19. The molecule has 26 heavy (non-hydrogen) atoms. The number of phenolic OH excluding ortho intramolecular Hbond substituents is 1. The fraction of sp³-hybridized carbons (Fsp3) is 0.381. The second-order valence-electron chi connectivity index (χ2n) is 7.54. The van der Waals surface area contributed by atoms with Crippen molar-refractivity contribution in [2.45, 2.75) is 26.8 Å². The number of benzene rings is 1. The molecule has 5 heteroatoms. The molecule has 0 bridgehead atoms. The van der Waals surface area contributed by atoms with Gasteiger partial charge in [0.1, 0.15) is 11.5 Å². The highest BCUT2D eigenvalue weighted by Crippen LogP contribution is 2.40. The third-order valence-electron chi connectivity index (χ3n) is 5.06. The SMILES string of the molecule is C[C@H]1C[C@H](C)CN(Cc2c(O)ccc3c2OC(=Cc2cccs2)C3=O)C1. The van der Waals surface area contributed by atoms with Crippen molar-refractivity contribution >= 4 is 23.2 Å².